The second kappa shape index (κ2) is 7.37. The van der Waals surface area contributed by atoms with E-state index in [0.717, 1.165) is 31.2 Å². The molecule has 3 aliphatic heterocycles. The van der Waals surface area contributed by atoms with Gasteiger partial charge in [0.05, 0.1) is 7.11 Å². The van der Waals surface area contributed by atoms with Crippen molar-refractivity contribution in [2.24, 2.45) is 11.8 Å². The molecule has 1 aromatic carbocycles. The van der Waals surface area contributed by atoms with E-state index in [1.807, 2.05) is 6.07 Å². The number of ether oxygens (including phenoxy) is 1. The summed E-state index contributed by atoms with van der Waals surface area (Å²) in [6.45, 7) is 3.16. The third kappa shape index (κ3) is 3.48. The zero-order valence-corrected chi connectivity index (χ0v) is 17.0. The molecule has 0 aliphatic carbocycles. The Bertz CT molecular complexity index is 852. The van der Waals surface area contributed by atoms with Gasteiger partial charge in [-0.1, -0.05) is 12.1 Å². The smallest absolute Gasteiger partial charge is 0.223 e. The van der Waals surface area contributed by atoms with Crippen LogP contribution in [0, 0.1) is 11.8 Å². The Morgan fingerprint density at radius 1 is 1.03 bits per heavy atom. The van der Waals surface area contributed by atoms with Crippen LogP contribution in [-0.4, -0.2) is 47.7 Å². The summed E-state index contributed by atoms with van der Waals surface area (Å²) in [6, 6.07) is 11.7. The van der Waals surface area contributed by atoms with Crippen molar-refractivity contribution in [1.29, 1.82) is 0 Å². The molecule has 2 aromatic rings. The lowest BCUT2D eigenvalue weighted by Crippen LogP contribution is -2.59. The Morgan fingerprint density at radius 2 is 1.86 bits per heavy atom. The molecule has 1 aromatic heterocycles. The number of hydrogen-bond donors (Lipinski definition) is 2. The lowest BCUT2D eigenvalue weighted by atomic mass is 9.74. The van der Waals surface area contributed by atoms with Gasteiger partial charge in [0.1, 0.15) is 17.4 Å². The van der Waals surface area contributed by atoms with Crippen LogP contribution in [0.2, 0.25) is 0 Å². The first kappa shape index (κ1) is 18.5. The Morgan fingerprint density at radius 3 is 2.62 bits per heavy atom. The normalized spacial score (nSPS) is 29.3. The second-order valence-corrected chi connectivity index (χ2v) is 8.76. The Balaban J connectivity index is 1.37. The monoisotopic (exact) mass is 394 g/mol. The third-order valence-electron chi connectivity index (χ3n) is 6.96. The molecule has 4 heterocycles. The number of nitrogens with zero attached hydrogens (tertiary/aromatic N) is 4. The molecule has 7 heteroatoms. The third-order valence-corrected chi connectivity index (χ3v) is 6.96. The highest BCUT2D eigenvalue weighted by Gasteiger charge is 2.45. The Labute approximate surface area is 172 Å². The van der Waals surface area contributed by atoms with Gasteiger partial charge in [0.15, 0.2) is 0 Å². The van der Waals surface area contributed by atoms with E-state index in [1.54, 1.807) is 7.11 Å². The molecule has 4 atom stereocenters. The van der Waals surface area contributed by atoms with Gasteiger partial charge in [-0.15, -0.1) is 0 Å². The van der Waals surface area contributed by atoms with Crippen molar-refractivity contribution in [3.63, 3.8) is 0 Å². The van der Waals surface area contributed by atoms with Crippen molar-refractivity contribution in [3.8, 4) is 5.75 Å². The van der Waals surface area contributed by atoms with Gasteiger partial charge in [-0.3, -0.25) is 4.90 Å². The molecule has 3 saturated heterocycles. The minimum atomic E-state index is 0.259. The van der Waals surface area contributed by atoms with Crippen molar-refractivity contribution in [2.45, 2.75) is 37.8 Å². The maximum absolute atomic E-state index is 5.92. The topological polar surface area (TPSA) is 93.5 Å². The van der Waals surface area contributed by atoms with Gasteiger partial charge in [0, 0.05) is 37.8 Å². The minimum Gasteiger partial charge on any atom is -0.497 e. The zero-order chi connectivity index (χ0) is 20.0. The predicted molar refractivity (Wildman–Crippen MR) is 115 cm³/mol. The van der Waals surface area contributed by atoms with Crippen LogP contribution >= 0.6 is 0 Å². The molecule has 5 rings (SSSR count). The molecule has 0 radical (unpaired) electrons. The molecular weight excluding hydrogens is 364 g/mol. The van der Waals surface area contributed by atoms with Gasteiger partial charge in [-0.05, 0) is 55.2 Å². The number of hydrogen-bond acceptors (Lipinski definition) is 7. The maximum atomic E-state index is 5.92. The van der Waals surface area contributed by atoms with E-state index in [9.17, 15) is 0 Å². The number of benzene rings is 1. The lowest BCUT2D eigenvalue weighted by molar-refractivity contribution is -0.0200. The van der Waals surface area contributed by atoms with E-state index >= 15 is 0 Å². The predicted octanol–water partition coefficient (Wildman–Crippen LogP) is 2.70. The highest BCUT2D eigenvalue weighted by atomic mass is 16.5. The number of fused-ring (bicyclic) bond motifs is 4. The minimum absolute atomic E-state index is 0.259. The van der Waals surface area contributed by atoms with Crippen LogP contribution in [0.1, 0.15) is 37.3 Å². The van der Waals surface area contributed by atoms with Gasteiger partial charge in [-0.2, -0.15) is 9.97 Å². The SMILES string of the molecule is COc1ccc([C@H]2CCC[C@H]3[C@@H]4C[C@@H](CN(c5cc(N)nc(N)n5)C4)CN23)cc1. The second-order valence-electron chi connectivity index (χ2n) is 8.76. The molecule has 7 nitrogen and oxygen atoms in total. The maximum Gasteiger partial charge on any atom is 0.223 e. The molecule has 2 bridgehead atoms. The molecule has 3 fully saturated rings. The molecule has 0 saturated carbocycles. The molecule has 0 unspecified atom stereocenters. The van der Waals surface area contributed by atoms with Gasteiger partial charge in [0.25, 0.3) is 0 Å². The molecule has 0 amide bonds. The van der Waals surface area contributed by atoms with Crippen molar-refractivity contribution in [2.75, 3.05) is 43.1 Å². The summed E-state index contributed by atoms with van der Waals surface area (Å²) >= 11 is 0. The van der Waals surface area contributed by atoms with Crippen LogP contribution in [0.4, 0.5) is 17.6 Å². The van der Waals surface area contributed by atoms with Crippen LogP contribution in [0.5, 0.6) is 5.75 Å². The van der Waals surface area contributed by atoms with Gasteiger partial charge >= 0.3 is 0 Å². The van der Waals surface area contributed by atoms with E-state index in [0.29, 0.717) is 29.7 Å². The zero-order valence-electron chi connectivity index (χ0n) is 17.0. The van der Waals surface area contributed by atoms with Crippen molar-refractivity contribution in [1.82, 2.24) is 14.9 Å². The van der Waals surface area contributed by atoms with Crippen LogP contribution in [0.25, 0.3) is 0 Å². The summed E-state index contributed by atoms with van der Waals surface area (Å²) in [5, 5.41) is 0. The summed E-state index contributed by atoms with van der Waals surface area (Å²) in [7, 11) is 1.72. The van der Waals surface area contributed by atoms with E-state index in [4.69, 9.17) is 16.2 Å². The number of methoxy groups -OCH3 is 1. The number of anilines is 3. The first-order valence-corrected chi connectivity index (χ1v) is 10.7. The fourth-order valence-electron chi connectivity index (χ4n) is 5.81. The Hall–Kier alpha value is -2.54. The van der Waals surface area contributed by atoms with Crippen LogP contribution in [0.15, 0.2) is 30.3 Å². The van der Waals surface area contributed by atoms with Gasteiger partial charge in [0.2, 0.25) is 5.95 Å². The first-order chi connectivity index (χ1) is 14.1. The van der Waals surface area contributed by atoms with E-state index in [2.05, 4.69) is 44.0 Å². The van der Waals surface area contributed by atoms with Crippen LogP contribution in [0.3, 0.4) is 0 Å². The van der Waals surface area contributed by atoms with E-state index in [1.165, 1.54) is 31.2 Å². The van der Waals surface area contributed by atoms with Crippen molar-refractivity contribution < 1.29 is 4.74 Å². The van der Waals surface area contributed by atoms with Crippen molar-refractivity contribution in [3.05, 3.63) is 35.9 Å². The molecule has 3 aliphatic rings. The van der Waals surface area contributed by atoms with Crippen LogP contribution < -0.4 is 21.1 Å². The lowest BCUT2D eigenvalue weighted by Gasteiger charge is -2.55. The highest BCUT2D eigenvalue weighted by molar-refractivity contribution is 5.51. The fraction of sp³-hybridized carbons (Fsp3) is 0.545. The number of piperidine rings is 3. The molecule has 29 heavy (non-hydrogen) atoms. The number of nitrogens with two attached hydrogens (primary N) is 2. The highest BCUT2D eigenvalue weighted by Crippen LogP contribution is 2.45. The van der Waals surface area contributed by atoms with E-state index in [-0.39, 0.29) is 5.95 Å². The molecule has 4 N–H and O–H groups in total. The number of nitrogen functional groups attached to an aromatic ring is 2. The molecule has 154 valence electrons. The first-order valence-electron chi connectivity index (χ1n) is 10.7. The van der Waals surface area contributed by atoms with Gasteiger partial charge in [-0.25, -0.2) is 0 Å². The van der Waals surface area contributed by atoms with Crippen LogP contribution in [-0.2, 0) is 0 Å². The molecule has 0 spiro atoms. The largest absolute Gasteiger partial charge is 0.497 e. The average molecular weight is 395 g/mol. The Kier molecular flexibility index (Phi) is 4.70. The summed E-state index contributed by atoms with van der Waals surface area (Å²) in [5.74, 6) is 3.80. The van der Waals surface area contributed by atoms with Crippen molar-refractivity contribution >= 4 is 17.6 Å². The average Bonchev–Trinajstić information content (AvgIpc) is 2.73. The fourth-order valence-corrected chi connectivity index (χ4v) is 5.81. The standard InChI is InChI=1S/C22H30N6O/c1-29-17-7-5-15(6-8-17)18-3-2-4-19-16-9-14(12-28(18)19)11-27(13-16)21-10-20(23)25-22(24)26-21/h5-8,10,14,16,18-19H,2-4,9,11-13H2,1H3,(H4,23,24,25,26)/t14-,16+,18+,19-/m0/s1. The number of rotatable bonds is 3. The van der Waals surface area contributed by atoms with E-state index < -0.39 is 0 Å². The molecular formula is C22H30N6O. The summed E-state index contributed by atoms with van der Waals surface area (Å²) < 4.78 is 5.35. The summed E-state index contributed by atoms with van der Waals surface area (Å²) in [6.07, 6.45) is 5.12. The summed E-state index contributed by atoms with van der Waals surface area (Å²) in [5.41, 5.74) is 13.2. The van der Waals surface area contributed by atoms with Gasteiger partial charge < -0.3 is 21.1 Å². The quantitative estimate of drug-likeness (QED) is 0.827. The summed E-state index contributed by atoms with van der Waals surface area (Å²) in [4.78, 5) is 13.7. The number of aromatic nitrogens is 2.